The lowest BCUT2D eigenvalue weighted by atomic mass is 10.1. The van der Waals surface area contributed by atoms with Crippen molar-refractivity contribution in [2.24, 2.45) is 0 Å². The molecule has 1 heterocycles. The fourth-order valence-electron chi connectivity index (χ4n) is 1.74. The fraction of sp³-hybridized carbons (Fsp3) is 0.200. The van der Waals surface area contributed by atoms with Gasteiger partial charge in [0.05, 0.1) is 11.6 Å². The number of aryl methyl sites for hydroxylation is 1. The minimum absolute atomic E-state index is 0.0258. The van der Waals surface area contributed by atoms with Crippen LogP contribution in [0.5, 0.6) is 0 Å². The van der Waals surface area contributed by atoms with E-state index in [4.69, 9.17) is 0 Å². The van der Waals surface area contributed by atoms with E-state index < -0.39 is 0 Å². The van der Waals surface area contributed by atoms with Crippen molar-refractivity contribution in [3.8, 4) is 0 Å². The molecule has 0 unspecified atom stereocenters. The Morgan fingerprint density at radius 2 is 2.15 bits per heavy atom. The van der Waals surface area contributed by atoms with Gasteiger partial charge in [0, 0.05) is 23.7 Å². The molecule has 5 heteroatoms. The maximum Gasteiger partial charge on any atom is 0.244 e. The van der Waals surface area contributed by atoms with Crippen LogP contribution < -0.4 is 5.32 Å². The molecule has 0 saturated carbocycles. The third kappa shape index (κ3) is 4.01. The molecule has 1 aromatic heterocycles. The van der Waals surface area contributed by atoms with Crippen molar-refractivity contribution in [1.82, 2.24) is 10.3 Å². The number of aliphatic hydroxyl groups excluding tert-OH is 1. The van der Waals surface area contributed by atoms with E-state index in [0.29, 0.717) is 6.54 Å². The number of nitrogens with one attached hydrogen (secondary N) is 1. The van der Waals surface area contributed by atoms with Crippen LogP contribution in [-0.2, 0) is 17.9 Å². The summed E-state index contributed by atoms with van der Waals surface area (Å²) in [6, 6.07) is 7.49. The maximum atomic E-state index is 11.7. The number of hydrogen-bond donors (Lipinski definition) is 2. The topological polar surface area (TPSA) is 62.2 Å². The van der Waals surface area contributed by atoms with Crippen molar-refractivity contribution < 1.29 is 9.90 Å². The van der Waals surface area contributed by atoms with E-state index in [0.717, 1.165) is 21.0 Å². The largest absolute Gasteiger partial charge is 0.392 e. The summed E-state index contributed by atoms with van der Waals surface area (Å²) >= 11 is 1.54. The Morgan fingerprint density at radius 3 is 2.80 bits per heavy atom. The third-order valence-corrected chi connectivity index (χ3v) is 3.66. The lowest BCUT2D eigenvalue weighted by Gasteiger charge is -2.07. The number of carbonyl (C=O) groups is 1. The van der Waals surface area contributed by atoms with E-state index in [2.05, 4.69) is 10.3 Å². The van der Waals surface area contributed by atoms with Gasteiger partial charge >= 0.3 is 0 Å². The number of hydrogen-bond acceptors (Lipinski definition) is 4. The van der Waals surface area contributed by atoms with Crippen LogP contribution in [-0.4, -0.2) is 16.0 Å². The van der Waals surface area contributed by atoms with Crippen LogP contribution >= 0.6 is 11.3 Å². The van der Waals surface area contributed by atoms with Crippen molar-refractivity contribution in [2.45, 2.75) is 20.1 Å². The van der Waals surface area contributed by atoms with Gasteiger partial charge in [0.1, 0.15) is 0 Å². The van der Waals surface area contributed by atoms with E-state index in [-0.39, 0.29) is 12.5 Å². The SMILES string of the molecule is Cc1ncc(/C=C/C(=O)NCc2ccccc2CO)s1. The van der Waals surface area contributed by atoms with Crippen molar-refractivity contribution in [1.29, 1.82) is 0 Å². The molecule has 0 bridgehead atoms. The van der Waals surface area contributed by atoms with Gasteiger partial charge in [0.15, 0.2) is 0 Å². The average molecular weight is 288 g/mol. The van der Waals surface area contributed by atoms with Gasteiger partial charge in [-0.05, 0) is 24.1 Å². The summed E-state index contributed by atoms with van der Waals surface area (Å²) in [6.07, 6.45) is 4.98. The molecule has 0 saturated heterocycles. The van der Waals surface area contributed by atoms with Gasteiger partial charge in [-0.15, -0.1) is 11.3 Å². The molecule has 0 atom stereocenters. The minimum Gasteiger partial charge on any atom is -0.392 e. The lowest BCUT2D eigenvalue weighted by molar-refractivity contribution is -0.116. The molecule has 2 aromatic rings. The molecule has 0 fully saturated rings. The zero-order valence-corrected chi connectivity index (χ0v) is 12.0. The minimum atomic E-state index is -0.163. The molecule has 2 N–H and O–H groups in total. The highest BCUT2D eigenvalue weighted by Crippen LogP contribution is 2.13. The highest BCUT2D eigenvalue weighted by molar-refractivity contribution is 7.12. The second-order valence-electron chi connectivity index (χ2n) is 4.26. The van der Waals surface area contributed by atoms with E-state index in [1.54, 1.807) is 12.3 Å². The van der Waals surface area contributed by atoms with Gasteiger partial charge in [0.2, 0.25) is 5.91 Å². The number of benzene rings is 1. The summed E-state index contributed by atoms with van der Waals surface area (Å²) in [5.74, 6) is -0.163. The van der Waals surface area contributed by atoms with Crippen LogP contribution in [0.3, 0.4) is 0 Å². The number of amides is 1. The van der Waals surface area contributed by atoms with Crippen LogP contribution in [0.2, 0.25) is 0 Å². The van der Waals surface area contributed by atoms with E-state index in [1.807, 2.05) is 31.2 Å². The van der Waals surface area contributed by atoms with Crippen molar-refractivity contribution >= 4 is 23.3 Å². The normalized spacial score (nSPS) is 10.9. The summed E-state index contributed by atoms with van der Waals surface area (Å²) in [6.45, 7) is 2.30. The summed E-state index contributed by atoms with van der Waals surface area (Å²) < 4.78 is 0. The van der Waals surface area contributed by atoms with E-state index >= 15 is 0 Å². The second-order valence-corrected chi connectivity index (χ2v) is 5.53. The Bertz CT molecular complexity index is 620. The standard InChI is InChI=1S/C15H16N2O2S/c1-11-16-9-14(20-11)6-7-15(19)17-8-12-4-2-3-5-13(12)10-18/h2-7,9,18H,8,10H2,1H3,(H,17,19)/b7-6+. The maximum absolute atomic E-state index is 11.7. The highest BCUT2D eigenvalue weighted by atomic mass is 32.1. The number of carbonyl (C=O) groups excluding carboxylic acids is 1. The van der Waals surface area contributed by atoms with E-state index in [1.165, 1.54) is 17.4 Å². The molecule has 4 nitrogen and oxygen atoms in total. The van der Waals surface area contributed by atoms with Crippen LogP contribution in [0.25, 0.3) is 6.08 Å². The molecular weight excluding hydrogens is 272 g/mol. The van der Waals surface area contributed by atoms with Crippen LogP contribution in [0, 0.1) is 6.92 Å². The fourth-order valence-corrected chi connectivity index (χ4v) is 2.43. The molecule has 104 valence electrons. The Kier molecular flexibility index (Phi) is 5.03. The van der Waals surface area contributed by atoms with Gasteiger partial charge < -0.3 is 10.4 Å². The van der Waals surface area contributed by atoms with Crippen molar-refractivity contribution in [3.63, 3.8) is 0 Å². The first-order valence-electron chi connectivity index (χ1n) is 6.25. The van der Waals surface area contributed by atoms with E-state index in [9.17, 15) is 9.90 Å². The monoisotopic (exact) mass is 288 g/mol. The Balaban J connectivity index is 1.90. The zero-order chi connectivity index (χ0) is 14.4. The Hall–Kier alpha value is -1.98. The zero-order valence-electron chi connectivity index (χ0n) is 11.2. The molecule has 20 heavy (non-hydrogen) atoms. The van der Waals surface area contributed by atoms with Gasteiger partial charge in [-0.1, -0.05) is 24.3 Å². The van der Waals surface area contributed by atoms with Crippen molar-refractivity contribution in [2.75, 3.05) is 0 Å². The first-order valence-corrected chi connectivity index (χ1v) is 7.06. The first kappa shape index (κ1) is 14.4. The summed E-state index contributed by atoms with van der Waals surface area (Å²) in [4.78, 5) is 16.8. The predicted molar refractivity (Wildman–Crippen MR) is 80.1 cm³/mol. The lowest BCUT2D eigenvalue weighted by Crippen LogP contribution is -2.21. The molecular formula is C15H16N2O2S. The number of nitrogens with zero attached hydrogens (tertiary/aromatic N) is 1. The molecule has 1 aromatic carbocycles. The quantitative estimate of drug-likeness (QED) is 0.830. The predicted octanol–water partition coefficient (Wildman–Crippen LogP) is 2.27. The summed E-state index contributed by atoms with van der Waals surface area (Å²) in [5.41, 5.74) is 1.75. The van der Waals surface area contributed by atoms with Gasteiger partial charge in [-0.25, -0.2) is 4.98 Å². The van der Waals surface area contributed by atoms with Gasteiger partial charge in [-0.3, -0.25) is 4.79 Å². The molecule has 2 rings (SSSR count). The van der Waals surface area contributed by atoms with Gasteiger partial charge in [0.25, 0.3) is 0 Å². The Labute approximate surface area is 121 Å². The molecule has 1 amide bonds. The molecule has 0 aliphatic rings. The third-order valence-electron chi connectivity index (χ3n) is 2.78. The molecule has 0 spiro atoms. The molecule has 0 radical (unpaired) electrons. The number of thiazole rings is 1. The van der Waals surface area contributed by atoms with Crippen LogP contribution in [0.15, 0.2) is 36.5 Å². The number of aliphatic hydroxyl groups is 1. The Morgan fingerprint density at radius 1 is 1.40 bits per heavy atom. The first-order chi connectivity index (χ1) is 9.69. The summed E-state index contributed by atoms with van der Waals surface area (Å²) in [7, 11) is 0. The van der Waals surface area contributed by atoms with Crippen molar-refractivity contribution in [3.05, 3.63) is 57.6 Å². The second kappa shape index (κ2) is 6.98. The molecule has 0 aliphatic heterocycles. The highest BCUT2D eigenvalue weighted by Gasteiger charge is 2.02. The van der Waals surface area contributed by atoms with Crippen LogP contribution in [0.4, 0.5) is 0 Å². The summed E-state index contributed by atoms with van der Waals surface area (Å²) in [5, 5.41) is 13.0. The number of aromatic nitrogens is 1. The molecule has 0 aliphatic carbocycles. The van der Waals surface area contributed by atoms with Gasteiger partial charge in [-0.2, -0.15) is 0 Å². The smallest absolute Gasteiger partial charge is 0.244 e. The van der Waals surface area contributed by atoms with Crippen LogP contribution in [0.1, 0.15) is 21.0 Å². The number of rotatable bonds is 5. The average Bonchev–Trinajstić information content (AvgIpc) is 2.89.